The molecule has 5 heterocycles. The Bertz CT molecular complexity index is 4450. The molecule has 1 fully saturated rings. The van der Waals surface area contributed by atoms with Gasteiger partial charge in [-0.15, -0.1) is 34.8 Å². The number of nitrogens with zero attached hydrogens (tertiary/aromatic N) is 5. The van der Waals surface area contributed by atoms with E-state index >= 15 is 0 Å². The molecule has 1 aliphatic carbocycles. The molecule has 0 atom stereocenters. The maximum absolute atomic E-state index is 12.6. The number of carbonyl (C=O) groups is 8. The lowest BCUT2D eigenvalue weighted by Gasteiger charge is -2.12. The number of Topliss-reactive ketones (excluding diaryl/α,β-unsaturated/α-hetero) is 3. The van der Waals surface area contributed by atoms with Crippen molar-refractivity contribution in [3.05, 3.63) is 204 Å². The van der Waals surface area contributed by atoms with Crippen molar-refractivity contribution in [2.75, 3.05) is 160 Å². The predicted octanol–water partition coefficient (Wildman–Crippen LogP) is 17.1. The van der Waals surface area contributed by atoms with Crippen molar-refractivity contribution in [1.29, 1.82) is 0 Å². The second-order valence-electron chi connectivity index (χ2n) is 29.0. The highest BCUT2D eigenvalue weighted by Gasteiger charge is 2.18. The zero-order valence-corrected chi connectivity index (χ0v) is 90.0. The lowest BCUT2D eigenvalue weighted by molar-refractivity contribution is -0.684. The monoisotopic (exact) mass is 2120 g/mol. The van der Waals surface area contributed by atoms with Crippen LogP contribution in [0.15, 0.2) is 159 Å². The molecule has 3 amide bonds. The number of nitrogens with one attached hydrogen (secondary N) is 3. The number of hydrogen-bond acceptors (Lipinski definition) is 28. The standard InChI is InChI=1S/C41H48N3O8S2.C21H28N3O2S2.C10H12O4.C9H15Cl2NO2S2.C6H7N.C5H10.C4H12N2S2.C2H2Cl2O/c1-47-35-24-32(25-36(48-2)40(35)51-5)11-9-30-13-18-43(19-14-30)28-34(45)8-7-22-53-54-23-17-42-39(46)29-44-20-15-31(16-21-44)10-12-33-26-37(49-3)41(52-6)38(27-33)50-4;1-18-5-10-23(11-6-18)16-20(25)4-3-14-27-28-15-9-22-21(26)17-24-12-7-19(2)8-13-24;1-12-8-4-7(6-11)5-9(13-2)10(8)14-3;10-6-8(13)2-1-4-15-16-5-3-12-9(14)7-11;1-6-2-4-7-5-3-6;1-2-4-5-3-1;5-1-3-7-8-4-2-6;3-1-2(4)5/h9-16,18-21,24-27H,7-8,17,22-23,28-29H2,1-6H3;5-8,10-13H,3-4,9,14-17H2,1-2H3;4-6H,1-3H3;1-7H2,(H,12,14);2-5H,1H3;1-5H2;1-6H2;1H2/q2*+1;;;;;;/p+2/b11-9+,12-10+;;;;;;;. The molecular formula is C98H136Cl4N10O17S8+4. The van der Waals surface area contributed by atoms with Crippen LogP contribution in [-0.4, -0.2) is 212 Å². The Morgan fingerprint density at radius 1 is 0.350 bits per heavy atom. The molecule has 9 rings (SSSR count). The van der Waals surface area contributed by atoms with Crippen LogP contribution in [0.1, 0.15) is 120 Å². The zero-order valence-electron chi connectivity index (χ0n) is 80.4. The number of aromatic nitrogens is 5. The van der Waals surface area contributed by atoms with E-state index in [1.165, 1.54) is 70.1 Å². The van der Waals surface area contributed by atoms with Crippen LogP contribution in [-0.2, 0) is 59.7 Å². The number of nitrogens with two attached hydrogens (primary N) is 2. The minimum atomic E-state index is -0.508. The van der Waals surface area contributed by atoms with E-state index in [9.17, 15) is 38.4 Å². The van der Waals surface area contributed by atoms with Crippen LogP contribution in [0.2, 0.25) is 0 Å². The first-order chi connectivity index (χ1) is 66.4. The summed E-state index contributed by atoms with van der Waals surface area (Å²) >= 11 is 20.2. The molecule has 1 aliphatic rings. The molecule has 0 aliphatic heterocycles. The molecule has 0 bridgehead atoms. The van der Waals surface area contributed by atoms with Gasteiger partial charge in [-0.2, -0.15) is 18.3 Å². The van der Waals surface area contributed by atoms with Crippen molar-refractivity contribution in [3.8, 4) is 51.7 Å². The third kappa shape index (κ3) is 60.5. The van der Waals surface area contributed by atoms with Gasteiger partial charge in [-0.3, -0.25) is 43.3 Å². The fourth-order valence-electron chi connectivity index (χ4n) is 11.3. The molecule has 0 spiro atoms. The van der Waals surface area contributed by atoms with Gasteiger partial charge in [0.25, 0.3) is 11.8 Å². The third-order valence-electron chi connectivity index (χ3n) is 18.2. The summed E-state index contributed by atoms with van der Waals surface area (Å²) in [6.07, 6.45) is 39.3. The van der Waals surface area contributed by atoms with Gasteiger partial charge in [-0.25, -0.2) is 0 Å². The topological polar surface area (TPSA) is 336 Å². The Kier molecular flexibility index (Phi) is 74.2. The first kappa shape index (κ1) is 125. The quantitative estimate of drug-likeness (QED) is 0.00590. The van der Waals surface area contributed by atoms with E-state index in [1.807, 2.05) is 198 Å². The summed E-state index contributed by atoms with van der Waals surface area (Å²) in [5, 5.41) is 8.08. The van der Waals surface area contributed by atoms with E-state index < -0.39 is 5.24 Å². The predicted molar refractivity (Wildman–Crippen MR) is 572 cm³/mol. The number of aryl methyl sites for hydroxylation is 3. The first-order valence-corrected chi connectivity index (χ1v) is 55.9. The van der Waals surface area contributed by atoms with Crippen molar-refractivity contribution in [2.45, 2.75) is 118 Å². The van der Waals surface area contributed by atoms with Gasteiger partial charge in [0.05, 0.1) is 75.7 Å². The summed E-state index contributed by atoms with van der Waals surface area (Å²) in [5.41, 5.74) is 18.4. The fraction of sp³-hybridized carbons (Fsp3) is 0.439. The SMILES string of the molecule is C1CCCC1.COc1cc(/C=C/c2cc[n+](CC(=O)CCCSSCCNC(=O)C[n+]3ccc(/C=C/c4cc(OC)c(OC)c(OC)c4)cc3)cc2)cc(OC)c1OC.COc1cc(C=O)cc(OC)c1OC.Cc1cc[n+](CC(=O)CCCSSCCNC(=O)C[n+]2ccc(C)cc2)cc1.Cc1ccncc1.NCCSSCCN.O=C(CCl)CCCSSCCNC(=O)CCl.O=C(Cl)CCl. The Balaban J connectivity index is 0.000000629. The highest BCUT2D eigenvalue weighted by molar-refractivity contribution is 8.77. The van der Waals surface area contributed by atoms with Crippen LogP contribution in [0.4, 0.5) is 0 Å². The molecule has 3 aromatic carbocycles. The number of ketones is 3. The number of hydrogen-bond donors (Lipinski definition) is 5. The second kappa shape index (κ2) is 81.4. The van der Waals surface area contributed by atoms with Crippen LogP contribution >= 0.6 is 133 Å². The Hall–Kier alpha value is -8.27. The number of amides is 3. The van der Waals surface area contributed by atoms with Crippen molar-refractivity contribution >= 4 is 204 Å². The molecule has 137 heavy (non-hydrogen) atoms. The minimum Gasteiger partial charge on any atom is -0.493 e. The number of benzene rings is 3. The number of halogens is 4. The minimum absolute atomic E-state index is 0.0122. The van der Waals surface area contributed by atoms with Crippen LogP contribution < -0.4 is 88.3 Å². The normalized spacial score (nSPS) is 10.8. The molecule has 1 saturated carbocycles. The number of pyridine rings is 5. The van der Waals surface area contributed by atoms with Gasteiger partial charge in [0.1, 0.15) is 17.9 Å². The molecule has 8 aromatic rings. The number of ether oxygens (including phenoxy) is 9. The molecule has 27 nitrogen and oxygen atoms in total. The second-order valence-corrected chi connectivity index (χ2v) is 41.1. The lowest BCUT2D eigenvalue weighted by Crippen LogP contribution is -2.42. The molecule has 0 saturated heterocycles. The average molecular weight is 2120 g/mol. The summed E-state index contributed by atoms with van der Waals surface area (Å²) in [7, 11) is 27.9. The summed E-state index contributed by atoms with van der Waals surface area (Å²) in [6.45, 7) is 10.9. The molecule has 5 aromatic heterocycles. The van der Waals surface area contributed by atoms with Crippen molar-refractivity contribution < 1.29 is 99.3 Å². The summed E-state index contributed by atoms with van der Waals surface area (Å²) in [4.78, 5) is 94.4. The van der Waals surface area contributed by atoms with Gasteiger partial charge in [0.2, 0.25) is 54.6 Å². The molecular weight excluding hydrogens is 1990 g/mol. The smallest absolute Gasteiger partial charge is 0.286 e. The van der Waals surface area contributed by atoms with Crippen LogP contribution in [0.5, 0.6) is 51.7 Å². The van der Waals surface area contributed by atoms with E-state index in [-0.39, 0.29) is 59.3 Å². The Morgan fingerprint density at radius 3 is 0.891 bits per heavy atom. The van der Waals surface area contributed by atoms with Gasteiger partial charge in [0, 0.05) is 164 Å². The maximum atomic E-state index is 12.6. The van der Waals surface area contributed by atoms with Crippen molar-refractivity contribution in [3.63, 3.8) is 0 Å². The first-order valence-electron chi connectivity index (χ1n) is 43.9. The average Bonchev–Trinajstić information content (AvgIpc) is 1.02. The van der Waals surface area contributed by atoms with E-state index in [1.54, 1.807) is 154 Å². The maximum Gasteiger partial charge on any atom is 0.286 e. The van der Waals surface area contributed by atoms with Gasteiger partial charge in [0.15, 0.2) is 95.6 Å². The zero-order chi connectivity index (χ0) is 101. The number of alkyl halides is 3. The lowest BCUT2D eigenvalue weighted by atomic mass is 10.1. The van der Waals surface area contributed by atoms with Crippen molar-refractivity contribution in [2.24, 2.45) is 11.5 Å². The van der Waals surface area contributed by atoms with Crippen LogP contribution in [0, 0.1) is 20.8 Å². The van der Waals surface area contributed by atoms with E-state index in [0.29, 0.717) is 116 Å². The van der Waals surface area contributed by atoms with Gasteiger partial charge >= 0.3 is 0 Å². The summed E-state index contributed by atoms with van der Waals surface area (Å²) in [6, 6.07) is 30.5. The van der Waals surface area contributed by atoms with Gasteiger partial charge in [-0.05, 0) is 139 Å². The number of carbonyl (C=O) groups excluding carboxylic acids is 8. The van der Waals surface area contributed by atoms with Gasteiger partial charge < -0.3 is 70.0 Å². The number of aldehydes is 1. The van der Waals surface area contributed by atoms with E-state index in [4.69, 9.17) is 101 Å². The Labute approximate surface area is 861 Å². The Morgan fingerprint density at radius 2 is 0.620 bits per heavy atom. The molecule has 39 heteroatoms. The fourth-order valence-corrected chi connectivity index (χ4v) is 19.2. The van der Waals surface area contributed by atoms with Crippen LogP contribution in [0.25, 0.3) is 24.3 Å². The van der Waals surface area contributed by atoms with E-state index in [0.717, 1.165) is 107 Å². The van der Waals surface area contributed by atoms with E-state index in [2.05, 4.69) is 20.9 Å². The van der Waals surface area contributed by atoms with Gasteiger partial charge in [-0.1, -0.05) is 143 Å². The van der Waals surface area contributed by atoms with Crippen LogP contribution in [0.3, 0.4) is 0 Å². The largest absolute Gasteiger partial charge is 0.493 e. The summed E-state index contributed by atoms with van der Waals surface area (Å²) in [5.74, 6) is 12.7. The number of methoxy groups -OCH3 is 9. The molecule has 0 radical (unpaired) electrons. The molecule has 752 valence electrons. The highest BCUT2D eigenvalue weighted by Crippen LogP contribution is 2.41. The summed E-state index contributed by atoms with van der Waals surface area (Å²) < 4.78 is 55.3. The third-order valence-corrected chi connectivity index (χ3v) is 29.2. The highest BCUT2D eigenvalue weighted by atomic mass is 35.5. The molecule has 7 N–H and O–H groups in total. The van der Waals surface area contributed by atoms with Crippen molar-refractivity contribution in [1.82, 2.24) is 20.9 Å². The number of rotatable bonds is 54. The molecule has 0 unspecified atom stereocenters.